The molecule has 0 N–H and O–H groups in total. The maximum absolute atomic E-state index is 4.70. The summed E-state index contributed by atoms with van der Waals surface area (Å²) < 4.78 is 0. The monoisotopic (exact) mass is 231 g/mol. The van der Waals surface area contributed by atoms with Crippen molar-refractivity contribution in [2.24, 2.45) is 0 Å². The maximum atomic E-state index is 4.70. The van der Waals surface area contributed by atoms with Gasteiger partial charge in [-0.2, -0.15) is 0 Å². The Morgan fingerprint density at radius 1 is 1.31 bits per heavy atom. The minimum Gasteiger partial charge on any atom is -0.252 e. The molecule has 2 aromatic rings. The van der Waals surface area contributed by atoms with Gasteiger partial charge >= 0.3 is 0 Å². The fraction of sp³-hybridized carbons (Fsp3) is 0.357. The topological polar surface area (TPSA) is 12.9 Å². The predicted octanol–water partition coefficient (Wildman–Crippen LogP) is 4.63. The fourth-order valence-corrected chi connectivity index (χ4v) is 2.57. The van der Waals surface area contributed by atoms with E-state index in [4.69, 9.17) is 4.98 Å². The Hall–Kier alpha value is -1.15. The number of pyridine rings is 1. The summed E-state index contributed by atoms with van der Waals surface area (Å²) in [6, 6.07) is 8.56. The molecule has 84 valence electrons. The second-order valence-corrected chi connectivity index (χ2v) is 5.11. The van der Waals surface area contributed by atoms with Gasteiger partial charge in [0.25, 0.3) is 0 Å². The van der Waals surface area contributed by atoms with E-state index in [2.05, 4.69) is 50.4 Å². The summed E-state index contributed by atoms with van der Waals surface area (Å²) in [7, 11) is 0. The number of rotatable bonds is 3. The molecular weight excluding hydrogens is 214 g/mol. The highest BCUT2D eigenvalue weighted by atomic mass is 32.1. The van der Waals surface area contributed by atoms with Crippen LogP contribution in [0.5, 0.6) is 0 Å². The van der Waals surface area contributed by atoms with Crippen molar-refractivity contribution in [3.63, 3.8) is 0 Å². The molecule has 0 saturated carbocycles. The lowest BCUT2D eigenvalue weighted by Crippen LogP contribution is -1.98. The zero-order valence-electron chi connectivity index (χ0n) is 10.0. The number of aryl methyl sites for hydroxylation is 1. The van der Waals surface area contributed by atoms with E-state index in [1.54, 1.807) is 11.3 Å². The Labute approximate surface area is 101 Å². The molecule has 2 heterocycles. The molecule has 0 aliphatic carbocycles. The van der Waals surface area contributed by atoms with E-state index in [1.165, 1.54) is 22.6 Å². The number of nitrogens with zero attached hydrogens (tertiary/aromatic N) is 1. The van der Waals surface area contributed by atoms with Gasteiger partial charge in [-0.15, -0.1) is 11.3 Å². The van der Waals surface area contributed by atoms with Gasteiger partial charge in [0.05, 0.1) is 10.6 Å². The van der Waals surface area contributed by atoms with Gasteiger partial charge in [-0.1, -0.05) is 26.0 Å². The SMILES string of the molecule is CCC(C)c1ccc(-c2cccs2)nc1C. The molecule has 0 aliphatic heterocycles. The van der Waals surface area contributed by atoms with Crippen molar-refractivity contribution in [3.05, 3.63) is 40.9 Å². The molecule has 16 heavy (non-hydrogen) atoms. The molecule has 1 atom stereocenters. The second-order valence-electron chi connectivity index (χ2n) is 4.16. The van der Waals surface area contributed by atoms with Gasteiger partial charge in [-0.25, -0.2) is 0 Å². The number of aromatic nitrogens is 1. The Balaban J connectivity index is 2.37. The van der Waals surface area contributed by atoms with Crippen LogP contribution in [0.1, 0.15) is 37.4 Å². The summed E-state index contributed by atoms with van der Waals surface area (Å²) in [5.41, 5.74) is 3.64. The first-order chi connectivity index (χ1) is 7.72. The van der Waals surface area contributed by atoms with Crippen LogP contribution in [0.2, 0.25) is 0 Å². The number of hydrogen-bond acceptors (Lipinski definition) is 2. The molecule has 2 aromatic heterocycles. The van der Waals surface area contributed by atoms with Crippen molar-refractivity contribution >= 4 is 11.3 Å². The summed E-state index contributed by atoms with van der Waals surface area (Å²) in [4.78, 5) is 5.94. The van der Waals surface area contributed by atoms with E-state index in [1.807, 2.05) is 0 Å². The van der Waals surface area contributed by atoms with E-state index in [0.29, 0.717) is 5.92 Å². The van der Waals surface area contributed by atoms with Gasteiger partial charge in [0.1, 0.15) is 0 Å². The Morgan fingerprint density at radius 2 is 2.12 bits per heavy atom. The summed E-state index contributed by atoms with van der Waals surface area (Å²) >= 11 is 1.74. The molecule has 0 aromatic carbocycles. The molecular formula is C14H17NS. The first-order valence-corrected chi connectivity index (χ1v) is 6.61. The normalized spacial score (nSPS) is 12.7. The first-order valence-electron chi connectivity index (χ1n) is 5.73. The van der Waals surface area contributed by atoms with Crippen molar-refractivity contribution in [1.82, 2.24) is 4.98 Å². The molecule has 2 heteroatoms. The third kappa shape index (κ3) is 2.17. The van der Waals surface area contributed by atoms with Crippen LogP contribution in [0.15, 0.2) is 29.6 Å². The zero-order chi connectivity index (χ0) is 11.5. The van der Waals surface area contributed by atoms with E-state index >= 15 is 0 Å². The minimum atomic E-state index is 0.602. The van der Waals surface area contributed by atoms with Gasteiger partial charge in [0.15, 0.2) is 0 Å². The van der Waals surface area contributed by atoms with Crippen LogP contribution in [0.4, 0.5) is 0 Å². The molecule has 0 fully saturated rings. The Morgan fingerprint density at radius 3 is 2.69 bits per heavy atom. The molecule has 2 rings (SSSR count). The van der Waals surface area contributed by atoms with Crippen LogP contribution in [0.25, 0.3) is 10.6 Å². The van der Waals surface area contributed by atoms with Crippen LogP contribution in [0.3, 0.4) is 0 Å². The van der Waals surface area contributed by atoms with E-state index < -0.39 is 0 Å². The molecule has 1 nitrogen and oxygen atoms in total. The van der Waals surface area contributed by atoms with Crippen molar-refractivity contribution in [2.75, 3.05) is 0 Å². The molecule has 0 spiro atoms. The van der Waals surface area contributed by atoms with Crippen LogP contribution in [-0.2, 0) is 0 Å². The van der Waals surface area contributed by atoms with Crippen LogP contribution in [0, 0.1) is 6.92 Å². The average molecular weight is 231 g/mol. The quantitative estimate of drug-likeness (QED) is 0.750. The predicted molar refractivity (Wildman–Crippen MR) is 71.0 cm³/mol. The summed E-state index contributed by atoms with van der Waals surface area (Å²) in [5, 5.41) is 2.09. The maximum Gasteiger partial charge on any atom is 0.0805 e. The van der Waals surface area contributed by atoms with Crippen molar-refractivity contribution in [2.45, 2.75) is 33.1 Å². The molecule has 0 aliphatic rings. The molecule has 0 bridgehead atoms. The van der Waals surface area contributed by atoms with Gasteiger partial charge in [-0.3, -0.25) is 4.98 Å². The zero-order valence-corrected chi connectivity index (χ0v) is 10.8. The molecule has 0 saturated heterocycles. The summed E-state index contributed by atoms with van der Waals surface area (Å²) in [5.74, 6) is 0.602. The number of hydrogen-bond donors (Lipinski definition) is 0. The van der Waals surface area contributed by atoms with Crippen LogP contribution < -0.4 is 0 Å². The van der Waals surface area contributed by atoms with Crippen LogP contribution in [-0.4, -0.2) is 4.98 Å². The lowest BCUT2D eigenvalue weighted by Gasteiger charge is -2.12. The Bertz CT molecular complexity index is 460. The third-order valence-corrected chi connectivity index (χ3v) is 3.94. The largest absolute Gasteiger partial charge is 0.252 e. The number of thiophene rings is 1. The van der Waals surface area contributed by atoms with E-state index in [9.17, 15) is 0 Å². The van der Waals surface area contributed by atoms with Gasteiger partial charge in [-0.05, 0) is 42.3 Å². The molecule has 0 amide bonds. The van der Waals surface area contributed by atoms with Crippen molar-refractivity contribution in [1.29, 1.82) is 0 Å². The minimum absolute atomic E-state index is 0.602. The standard InChI is InChI=1S/C14H17NS/c1-4-10(2)12-7-8-13(15-11(12)3)14-6-5-9-16-14/h5-10H,4H2,1-3H3. The van der Waals surface area contributed by atoms with Gasteiger partial charge in [0, 0.05) is 5.69 Å². The average Bonchev–Trinajstić information content (AvgIpc) is 2.81. The van der Waals surface area contributed by atoms with Gasteiger partial charge in [0.2, 0.25) is 0 Å². The third-order valence-electron chi connectivity index (χ3n) is 3.04. The fourth-order valence-electron chi connectivity index (χ4n) is 1.87. The highest BCUT2D eigenvalue weighted by Crippen LogP contribution is 2.27. The lowest BCUT2D eigenvalue weighted by atomic mass is 9.97. The van der Waals surface area contributed by atoms with Crippen molar-refractivity contribution in [3.8, 4) is 10.6 Å². The summed E-state index contributed by atoms with van der Waals surface area (Å²) in [6.07, 6.45) is 1.17. The molecule has 1 unspecified atom stereocenters. The summed E-state index contributed by atoms with van der Waals surface area (Å²) in [6.45, 7) is 6.59. The second kappa shape index (κ2) is 4.79. The smallest absolute Gasteiger partial charge is 0.0805 e. The first kappa shape index (κ1) is 11.3. The van der Waals surface area contributed by atoms with E-state index in [-0.39, 0.29) is 0 Å². The lowest BCUT2D eigenvalue weighted by molar-refractivity contribution is 0.722. The Kier molecular flexibility index (Phi) is 3.39. The van der Waals surface area contributed by atoms with Crippen molar-refractivity contribution < 1.29 is 0 Å². The molecule has 0 radical (unpaired) electrons. The van der Waals surface area contributed by atoms with Gasteiger partial charge < -0.3 is 0 Å². The van der Waals surface area contributed by atoms with Crippen LogP contribution >= 0.6 is 11.3 Å². The highest BCUT2D eigenvalue weighted by Gasteiger charge is 2.09. The highest BCUT2D eigenvalue weighted by molar-refractivity contribution is 7.13. The van der Waals surface area contributed by atoms with E-state index in [0.717, 1.165) is 5.69 Å².